The summed E-state index contributed by atoms with van der Waals surface area (Å²) in [5.41, 5.74) is 7.83. The Morgan fingerprint density at radius 3 is 2.62 bits per heavy atom. The Balaban J connectivity index is 1.92. The van der Waals surface area contributed by atoms with Crippen molar-refractivity contribution in [2.75, 3.05) is 24.5 Å². The van der Waals surface area contributed by atoms with E-state index in [1.54, 1.807) is 0 Å². The number of hydrogen-bond acceptors (Lipinski definition) is 7. The van der Waals surface area contributed by atoms with Crippen LogP contribution in [0.4, 0.5) is 14.6 Å². The van der Waals surface area contributed by atoms with E-state index in [2.05, 4.69) is 15.3 Å². The van der Waals surface area contributed by atoms with Gasteiger partial charge >= 0.3 is 5.69 Å². The number of aromatic hydroxyl groups is 1. The van der Waals surface area contributed by atoms with E-state index in [4.69, 9.17) is 5.73 Å². The molecular weight excluding hydrogens is 502 g/mol. The van der Waals surface area contributed by atoms with E-state index < -0.39 is 23.1 Å². The van der Waals surface area contributed by atoms with Gasteiger partial charge in [0, 0.05) is 32.2 Å². The number of rotatable bonds is 5. The SMILES string of the molecule is Cc1cc(CN)cc(C(C)C)c1-n1c(=O)nc(N2CCNC[C@@H]2C)c2cc(F)c(-c3c(O)cccc3F)nc21. The number of aromatic nitrogens is 3. The highest BCUT2D eigenvalue weighted by atomic mass is 19.1. The second kappa shape index (κ2) is 10.3. The molecule has 1 aliphatic rings. The lowest BCUT2D eigenvalue weighted by molar-refractivity contribution is 0.470. The van der Waals surface area contributed by atoms with Gasteiger partial charge in [-0.05, 0) is 54.7 Å². The summed E-state index contributed by atoms with van der Waals surface area (Å²) in [7, 11) is 0. The number of fused-ring (bicyclic) bond motifs is 1. The van der Waals surface area contributed by atoms with Gasteiger partial charge in [-0.3, -0.25) is 0 Å². The molecule has 0 spiro atoms. The fourth-order valence-electron chi connectivity index (χ4n) is 5.35. The normalized spacial score (nSPS) is 15.9. The molecule has 2 aromatic carbocycles. The summed E-state index contributed by atoms with van der Waals surface area (Å²) in [6, 6.07) is 8.79. The molecule has 1 saturated heterocycles. The summed E-state index contributed by atoms with van der Waals surface area (Å²) in [5.74, 6) is -1.79. The number of phenolic OH excluding ortho intramolecular Hbond substituents is 1. The molecule has 4 aromatic rings. The Bertz CT molecular complexity index is 1610. The Kier molecular flexibility index (Phi) is 7.09. The van der Waals surface area contributed by atoms with Crippen LogP contribution in [0.5, 0.6) is 5.75 Å². The zero-order chi connectivity index (χ0) is 28.0. The number of nitrogens with zero attached hydrogens (tertiary/aromatic N) is 4. The van der Waals surface area contributed by atoms with Crippen LogP contribution in [0.3, 0.4) is 0 Å². The van der Waals surface area contributed by atoms with E-state index in [-0.39, 0.29) is 28.9 Å². The van der Waals surface area contributed by atoms with E-state index >= 15 is 4.39 Å². The van der Waals surface area contributed by atoms with Gasteiger partial charge in [0.15, 0.2) is 11.5 Å². The first-order valence-corrected chi connectivity index (χ1v) is 13.0. The van der Waals surface area contributed by atoms with E-state index in [0.29, 0.717) is 43.1 Å². The first kappa shape index (κ1) is 26.7. The molecule has 204 valence electrons. The Hall–Kier alpha value is -3.89. The summed E-state index contributed by atoms with van der Waals surface area (Å²) in [5, 5.41) is 14.1. The lowest BCUT2D eigenvalue weighted by atomic mass is 9.95. The van der Waals surface area contributed by atoms with Gasteiger partial charge in [-0.15, -0.1) is 0 Å². The maximum Gasteiger partial charge on any atom is 0.355 e. The van der Waals surface area contributed by atoms with Crippen LogP contribution in [-0.4, -0.2) is 45.3 Å². The van der Waals surface area contributed by atoms with Crippen molar-refractivity contribution >= 4 is 16.9 Å². The van der Waals surface area contributed by atoms with Crippen molar-refractivity contribution in [2.45, 2.75) is 46.2 Å². The van der Waals surface area contributed by atoms with Crippen LogP contribution in [-0.2, 0) is 6.54 Å². The van der Waals surface area contributed by atoms with Gasteiger partial charge in [0.2, 0.25) is 0 Å². The maximum atomic E-state index is 15.7. The van der Waals surface area contributed by atoms with Gasteiger partial charge in [0.05, 0.1) is 16.6 Å². The largest absolute Gasteiger partial charge is 0.507 e. The minimum atomic E-state index is -0.835. The molecule has 0 saturated carbocycles. The van der Waals surface area contributed by atoms with Crippen molar-refractivity contribution in [1.82, 2.24) is 19.9 Å². The highest BCUT2D eigenvalue weighted by molar-refractivity contribution is 5.91. The Labute approximate surface area is 225 Å². The van der Waals surface area contributed by atoms with E-state index in [1.807, 2.05) is 44.7 Å². The summed E-state index contributed by atoms with van der Waals surface area (Å²) in [6.45, 7) is 10.1. The lowest BCUT2D eigenvalue weighted by Gasteiger charge is -2.35. The first-order chi connectivity index (χ1) is 18.6. The molecule has 0 amide bonds. The van der Waals surface area contributed by atoms with Gasteiger partial charge in [0.25, 0.3) is 0 Å². The molecule has 39 heavy (non-hydrogen) atoms. The summed E-state index contributed by atoms with van der Waals surface area (Å²) < 4.78 is 32.0. The number of halogens is 2. The third-order valence-corrected chi connectivity index (χ3v) is 7.27. The number of hydrogen-bond donors (Lipinski definition) is 3. The van der Waals surface area contributed by atoms with Gasteiger partial charge < -0.3 is 21.1 Å². The third-order valence-electron chi connectivity index (χ3n) is 7.27. The fraction of sp³-hybridized carbons (Fsp3) is 0.345. The Morgan fingerprint density at radius 2 is 1.95 bits per heavy atom. The van der Waals surface area contributed by atoms with Crippen LogP contribution in [0.1, 0.15) is 43.4 Å². The van der Waals surface area contributed by atoms with Crippen LogP contribution < -0.4 is 21.6 Å². The van der Waals surface area contributed by atoms with Crippen molar-refractivity contribution in [3.05, 3.63) is 75.2 Å². The molecule has 1 aliphatic heterocycles. The minimum Gasteiger partial charge on any atom is -0.507 e. The quantitative estimate of drug-likeness (QED) is 0.353. The van der Waals surface area contributed by atoms with Gasteiger partial charge in [-0.2, -0.15) is 4.98 Å². The minimum absolute atomic E-state index is 0.00977. The van der Waals surface area contributed by atoms with Gasteiger partial charge in [0.1, 0.15) is 23.1 Å². The Morgan fingerprint density at radius 1 is 1.18 bits per heavy atom. The average molecular weight is 535 g/mol. The molecular formula is C29H32F2N6O2. The smallest absolute Gasteiger partial charge is 0.355 e. The van der Waals surface area contributed by atoms with Crippen molar-refractivity contribution in [3.8, 4) is 22.7 Å². The van der Waals surface area contributed by atoms with Crippen molar-refractivity contribution in [1.29, 1.82) is 0 Å². The summed E-state index contributed by atoms with van der Waals surface area (Å²) in [4.78, 5) is 24.9. The van der Waals surface area contributed by atoms with Gasteiger partial charge in [-0.25, -0.2) is 23.1 Å². The lowest BCUT2D eigenvalue weighted by Crippen LogP contribution is -2.50. The number of aryl methyl sites for hydroxylation is 1. The second-order valence-electron chi connectivity index (χ2n) is 10.3. The standard InChI is InChI=1S/C29H32F2N6O2/c1-15(2)19-11-18(13-32)10-16(3)26(19)37-28-20(27(35-29(37)39)36-9-8-33-14-17(36)4)12-22(31)25(34-28)24-21(30)6-5-7-23(24)38/h5-7,10-12,15,17,33,38H,8-9,13-14,32H2,1-4H3/t17-/m0/s1. The predicted molar refractivity (Wildman–Crippen MR) is 149 cm³/mol. The number of phenols is 1. The molecule has 2 aromatic heterocycles. The van der Waals surface area contributed by atoms with Crippen molar-refractivity contribution in [3.63, 3.8) is 0 Å². The van der Waals surface area contributed by atoms with Crippen LogP contribution in [0.2, 0.25) is 0 Å². The molecule has 0 unspecified atom stereocenters. The van der Waals surface area contributed by atoms with Gasteiger partial charge in [-0.1, -0.05) is 32.0 Å². The average Bonchev–Trinajstić information content (AvgIpc) is 2.89. The van der Waals surface area contributed by atoms with Crippen molar-refractivity contribution < 1.29 is 13.9 Å². The second-order valence-corrected chi connectivity index (χ2v) is 10.3. The monoisotopic (exact) mass is 534 g/mol. The molecule has 1 fully saturated rings. The number of piperazine rings is 1. The van der Waals surface area contributed by atoms with Crippen molar-refractivity contribution in [2.24, 2.45) is 5.73 Å². The predicted octanol–water partition coefficient (Wildman–Crippen LogP) is 4.12. The molecule has 10 heteroatoms. The summed E-state index contributed by atoms with van der Waals surface area (Å²) >= 11 is 0. The third kappa shape index (κ3) is 4.63. The molecule has 5 rings (SSSR count). The maximum absolute atomic E-state index is 15.7. The van der Waals surface area contributed by atoms with Crippen LogP contribution in [0.25, 0.3) is 28.0 Å². The highest BCUT2D eigenvalue weighted by Gasteiger charge is 2.28. The molecule has 8 nitrogen and oxygen atoms in total. The molecule has 1 atom stereocenters. The number of benzene rings is 2. The zero-order valence-electron chi connectivity index (χ0n) is 22.4. The van der Waals surface area contributed by atoms with E-state index in [1.165, 1.54) is 22.8 Å². The first-order valence-electron chi connectivity index (χ1n) is 13.0. The van der Waals surface area contributed by atoms with E-state index in [9.17, 15) is 14.3 Å². The number of nitrogens with two attached hydrogens (primary N) is 1. The summed E-state index contributed by atoms with van der Waals surface area (Å²) in [6.07, 6.45) is 0. The number of pyridine rings is 1. The zero-order valence-corrected chi connectivity index (χ0v) is 22.4. The molecule has 0 aliphatic carbocycles. The molecule has 0 radical (unpaired) electrons. The van der Waals surface area contributed by atoms with Crippen LogP contribution >= 0.6 is 0 Å². The molecule has 0 bridgehead atoms. The number of nitrogens with one attached hydrogen (secondary N) is 1. The fourth-order valence-corrected chi connectivity index (χ4v) is 5.35. The number of anilines is 1. The topological polar surface area (TPSA) is 109 Å². The van der Waals surface area contributed by atoms with E-state index in [0.717, 1.165) is 22.8 Å². The highest BCUT2D eigenvalue weighted by Crippen LogP contribution is 2.37. The van der Waals surface area contributed by atoms with Crippen LogP contribution in [0, 0.1) is 18.6 Å². The molecule has 4 N–H and O–H groups in total. The molecule has 3 heterocycles. The van der Waals surface area contributed by atoms with Crippen LogP contribution in [0.15, 0.2) is 41.2 Å².